The monoisotopic (exact) mass is 317 g/mol. The summed E-state index contributed by atoms with van der Waals surface area (Å²) in [4.78, 5) is 10.6. The van der Waals surface area contributed by atoms with Crippen molar-refractivity contribution < 1.29 is 9.90 Å². The molecular formula is C11H9Cl2N3O2S. The molecule has 0 saturated heterocycles. The number of aromatic nitrogens is 3. The fraction of sp³-hybridized carbons (Fsp3) is 0.182. The molecule has 0 bridgehead atoms. The minimum absolute atomic E-state index is 0.101. The van der Waals surface area contributed by atoms with Crippen molar-refractivity contribution in [3.63, 3.8) is 0 Å². The number of hydrogen-bond donors (Lipinski definition) is 1. The Morgan fingerprint density at radius 1 is 1.42 bits per heavy atom. The maximum atomic E-state index is 10.6. The molecule has 19 heavy (non-hydrogen) atoms. The van der Waals surface area contributed by atoms with Crippen LogP contribution in [0.5, 0.6) is 0 Å². The molecule has 0 spiro atoms. The van der Waals surface area contributed by atoms with Crippen molar-refractivity contribution in [1.29, 1.82) is 0 Å². The van der Waals surface area contributed by atoms with Crippen molar-refractivity contribution >= 4 is 40.9 Å². The summed E-state index contributed by atoms with van der Waals surface area (Å²) in [6, 6.07) is 3.44. The summed E-state index contributed by atoms with van der Waals surface area (Å²) in [5.41, 5.74) is 1.48. The molecule has 0 aliphatic heterocycles. The van der Waals surface area contributed by atoms with Gasteiger partial charge in [-0.2, -0.15) is 0 Å². The smallest absolute Gasteiger partial charge is 0.313 e. The van der Waals surface area contributed by atoms with Crippen LogP contribution < -0.4 is 0 Å². The van der Waals surface area contributed by atoms with Gasteiger partial charge in [-0.1, -0.05) is 35.0 Å². The third kappa shape index (κ3) is 3.20. The van der Waals surface area contributed by atoms with Crippen LogP contribution in [0.1, 0.15) is 5.56 Å². The fourth-order valence-corrected chi connectivity index (χ4v) is 2.54. The highest BCUT2D eigenvalue weighted by Gasteiger charge is 2.13. The quantitative estimate of drug-likeness (QED) is 0.878. The van der Waals surface area contributed by atoms with E-state index in [0.29, 0.717) is 20.9 Å². The molecule has 2 rings (SSSR count). The minimum Gasteiger partial charge on any atom is -0.481 e. The number of benzene rings is 1. The second-order valence-electron chi connectivity index (χ2n) is 3.72. The molecule has 5 nitrogen and oxygen atoms in total. The van der Waals surface area contributed by atoms with E-state index in [1.807, 2.05) is 6.92 Å². The van der Waals surface area contributed by atoms with Crippen molar-refractivity contribution in [3.05, 3.63) is 34.1 Å². The Labute approximate surface area is 123 Å². The number of carboxylic acid groups (broad SMARTS) is 1. The van der Waals surface area contributed by atoms with Crippen molar-refractivity contribution in [2.45, 2.75) is 12.1 Å². The average molecular weight is 318 g/mol. The predicted molar refractivity (Wildman–Crippen MR) is 74.5 cm³/mol. The van der Waals surface area contributed by atoms with Crippen molar-refractivity contribution in [2.24, 2.45) is 0 Å². The highest BCUT2D eigenvalue weighted by molar-refractivity contribution is 7.99. The first-order valence-electron chi connectivity index (χ1n) is 5.19. The summed E-state index contributed by atoms with van der Waals surface area (Å²) in [6.45, 7) is 1.85. The molecule has 0 saturated carbocycles. The summed E-state index contributed by atoms with van der Waals surface area (Å²) >= 11 is 13.3. The van der Waals surface area contributed by atoms with Crippen molar-refractivity contribution in [2.75, 3.05) is 5.75 Å². The Morgan fingerprint density at radius 3 is 2.84 bits per heavy atom. The van der Waals surface area contributed by atoms with Gasteiger partial charge in [0.05, 0.1) is 16.5 Å². The molecule has 0 fully saturated rings. The number of rotatable bonds is 4. The second-order valence-corrected chi connectivity index (χ2v) is 5.48. The Bertz CT molecular complexity index is 630. The van der Waals surface area contributed by atoms with E-state index >= 15 is 0 Å². The van der Waals surface area contributed by atoms with Gasteiger partial charge in [0.2, 0.25) is 0 Å². The average Bonchev–Trinajstić information content (AvgIpc) is 2.79. The zero-order valence-corrected chi connectivity index (χ0v) is 12.1. The molecule has 1 N–H and O–H groups in total. The van der Waals surface area contributed by atoms with Crippen molar-refractivity contribution in [3.8, 4) is 5.69 Å². The minimum atomic E-state index is -0.924. The largest absolute Gasteiger partial charge is 0.481 e. The Kier molecular flexibility index (Phi) is 4.34. The van der Waals surface area contributed by atoms with Gasteiger partial charge in [0.1, 0.15) is 6.33 Å². The van der Waals surface area contributed by atoms with E-state index in [0.717, 1.165) is 17.3 Å². The van der Waals surface area contributed by atoms with Gasteiger partial charge in [0.25, 0.3) is 0 Å². The van der Waals surface area contributed by atoms with Gasteiger partial charge in [0, 0.05) is 5.02 Å². The third-order valence-corrected chi connectivity index (χ3v) is 3.97. The van der Waals surface area contributed by atoms with Crippen molar-refractivity contribution in [1.82, 2.24) is 14.8 Å². The van der Waals surface area contributed by atoms with Gasteiger partial charge in [-0.25, -0.2) is 0 Å². The van der Waals surface area contributed by atoms with Gasteiger partial charge >= 0.3 is 5.97 Å². The molecule has 8 heteroatoms. The van der Waals surface area contributed by atoms with Crippen LogP contribution in [0.4, 0.5) is 0 Å². The standard InChI is InChI=1S/C11H9Cl2N3O2S/c1-6-2-8(13)9(3-7(6)12)16-5-14-15-11(16)19-4-10(17)18/h2-3,5H,4H2,1H3,(H,17,18). The first kappa shape index (κ1) is 14.2. The van der Waals surface area contributed by atoms with Gasteiger partial charge in [-0.05, 0) is 24.6 Å². The van der Waals surface area contributed by atoms with E-state index in [2.05, 4.69) is 10.2 Å². The zero-order valence-electron chi connectivity index (χ0n) is 9.80. The van der Waals surface area contributed by atoms with Gasteiger partial charge in [-0.3, -0.25) is 9.36 Å². The molecule has 1 heterocycles. The number of halogens is 2. The van der Waals surface area contributed by atoms with Crippen LogP contribution in [0.3, 0.4) is 0 Å². The lowest BCUT2D eigenvalue weighted by molar-refractivity contribution is -0.133. The number of aryl methyl sites for hydroxylation is 1. The molecular weight excluding hydrogens is 309 g/mol. The maximum absolute atomic E-state index is 10.6. The molecule has 0 unspecified atom stereocenters. The van der Waals surface area contributed by atoms with Gasteiger partial charge in [0.15, 0.2) is 5.16 Å². The highest BCUT2D eigenvalue weighted by atomic mass is 35.5. The number of aliphatic carboxylic acids is 1. The van der Waals surface area contributed by atoms with E-state index in [-0.39, 0.29) is 5.75 Å². The summed E-state index contributed by atoms with van der Waals surface area (Å²) in [7, 11) is 0. The van der Waals surface area contributed by atoms with Crippen LogP contribution in [0, 0.1) is 6.92 Å². The molecule has 1 aromatic carbocycles. The Morgan fingerprint density at radius 2 is 2.16 bits per heavy atom. The highest BCUT2D eigenvalue weighted by Crippen LogP contribution is 2.30. The lowest BCUT2D eigenvalue weighted by Gasteiger charge is -2.09. The Hall–Kier alpha value is -1.24. The number of hydrogen-bond acceptors (Lipinski definition) is 4. The number of thioether (sulfide) groups is 1. The van der Waals surface area contributed by atoms with Crippen LogP contribution in [-0.4, -0.2) is 31.6 Å². The topological polar surface area (TPSA) is 68.0 Å². The van der Waals surface area contributed by atoms with Crippen LogP contribution in [0.25, 0.3) is 5.69 Å². The van der Waals surface area contributed by atoms with Crippen LogP contribution >= 0.6 is 35.0 Å². The van der Waals surface area contributed by atoms with E-state index in [9.17, 15) is 4.79 Å². The van der Waals surface area contributed by atoms with Crippen LogP contribution in [0.15, 0.2) is 23.6 Å². The number of carboxylic acids is 1. The lowest BCUT2D eigenvalue weighted by Crippen LogP contribution is -2.02. The SMILES string of the molecule is Cc1cc(Cl)c(-n2cnnc2SCC(=O)O)cc1Cl. The third-order valence-electron chi connectivity index (χ3n) is 2.33. The van der Waals surface area contributed by atoms with E-state index < -0.39 is 5.97 Å². The number of carbonyl (C=O) groups is 1. The van der Waals surface area contributed by atoms with Crippen LogP contribution in [0.2, 0.25) is 10.0 Å². The summed E-state index contributed by atoms with van der Waals surface area (Å²) in [6.07, 6.45) is 1.47. The van der Waals surface area contributed by atoms with Gasteiger partial charge in [-0.15, -0.1) is 10.2 Å². The maximum Gasteiger partial charge on any atom is 0.313 e. The first-order valence-corrected chi connectivity index (χ1v) is 6.94. The molecule has 0 atom stereocenters. The van der Waals surface area contributed by atoms with E-state index in [1.165, 1.54) is 6.33 Å². The Balaban J connectivity index is 2.40. The predicted octanol–water partition coefficient (Wildman–Crippen LogP) is 3.06. The summed E-state index contributed by atoms with van der Waals surface area (Å²) in [5.74, 6) is -1.02. The van der Waals surface area contributed by atoms with Crippen LogP contribution in [-0.2, 0) is 4.79 Å². The molecule has 0 aliphatic rings. The molecule has 0 radical (unpaired) electrons. The normalized spacial score (nSPS) is 10.7. The van der Waals surface area contributed by atoms with E-state index in [1.54, 1.807) is 16.7 Å². The molecule has 0 amide bonds. The second kappa shape index (κ2) is 5.81. The zero-order chi connectivity index (χ0) is 14.0. The molecule has 2 aromatic rings. The summed E-state index contributed by atoms with van der Waals surface area (Å²) in [5, 5.41) is 17.8. The summed E-state index contributed by atoms with van der Waals surface area (Å²) < 4.78 is 1.61. The van der Waals surface area contributed by atoms with E-state index in [4.69, 9.17) is 28.3 Å². The van der Waals surface area contributed by atoms with Gasteiger partial charge < -0.3 is 5.11 Å². The lowest BCUT2D eigenvalue weighted by atomic mass is 10.2. The molecule has 100 valence electrons. The molecule has 0 aliphatic carbocycles. The fourth-order valence-electron chi connectivity index (χ4n) is 1.43. The first-order chi connectivity index (χ1) is 8.99. The number of nitrogens with zero attached hydrogens (tertiary/aromatic N) is 3. The molecule has 1 aromatic heterocycles.